The van der Waals surface area contributed by atoms with E-state index in [2.05, 4.69) is 15.3 Å². The van der Waals surface area contributed by atoms with Crippen LogP contribution in [0.4, 0.5) is 0 Å². The highest BCUT2D eigenvalue weighted by Crippen LogP contribution is 2.26. The van der Waals surface area contributed by atoms with Crippen molar-refractivity contribution in [3.63, 3.8) is 0 Å². The molecule has 4 rings (SSSR count). The van der Waals surface area contributed by atoms with Crippen molar-refractivity contribution in [3.8, 4) is 16.5 Å². The fourth-order valence-corrected chi connectivity index (χ4v) is 3.55. The molecule has 4 aromatic rings. The first-order chi connectivity index (χ1) is 13.1. The number of amides is 1. The van der Waals surface area contributed by atoms with Crippen LogP contribution in [-0.2, 0) is 6.54 Å². The van der Waals surface area contributed by atoms with Gasteiger partial charge in [-0.1, -0.05) is 24.3 Å². The van der Waals surface area contributed by atoms with E-state index >= 15 is 0 Å². The minimum absolute atomic E-state index is 0.254. The largest absolute Gasteiger partial charge is 0.440 e. The molecule has 0 atom stereocenters. The lowest BCUT2D eigenvalue weighted by Gasteiger charge is -2.12. The second-order valence-electron chi connectivity index (χ2n) is 6.06. The number of nitrogens with zero attached hydrogens (tertiary/aromatic N) is 3. The summed E-state index contributed by atoms with van der Waals surface area (Å²) in [5, 5.41) is 4.89. The molecule has 1 aromatic carbocycles. The van der Waals surface area contributed by atoms with Crippen LogP contribution in [0.1, 0.15) is 27.6 Å². The summed E-state index contributed by atoms with van der Waals surface area (Å²) in [6, 6.07) is 11.8. The Kier molecular flexibility index (Phi) is 4.60. The van der Waals surface area contributed by atoms with Gasteiger partial charge in [-0.3, -0.25) is 4.79 Å². The van der Waals surface area contributed by atoms with E-state index in [4.69, 9.17) is 4.42 Å². The summed E-state index contributed by atoms with van der Waals surface area (Å²) in [5.41, 5.74) is 2.30. The Morgan fingerprint density at radius 2 is 2.07 bits per heavy atom. The van der Waals surface area contributed by atoms with Crippen molar-refractivity contribution in [2.45, 2.75) is 20.4 Å². The third-order valence-corrected chi connectivity index (χ3v) is 5.12. The third kappa shape index (κ3) is 3.41. The van der Waals surface area contributed by atoms with Crippen LogP contribution in [0.2, 0.25) is 0 Å². The number of benzene rings is 1. The maximum atomic E-state index is 12.6. The second-order valence-corrected chi connectivity index (χ2v) is 7.00. The summed E-state index contributed by atoms with van der Waals surface area (Å²) in [5.74, 6) is 1.62. The van der Waals surface area contributed by atoms with E-state index in [1.54, 1.807) is 13.1 Å². The molecule has 0 unspecified atom stereocenters. The number of nitrogens with one attached hydrogen (secondary N) is 1. The third-order valence-electron chi connectivity index (χ3n) is 4.26. The van der Waals surface area contributed by atoms with Crippen molar-refractivity contribution in [1.29, 1.82) is 0 Å². The van der Waals surface area contributed by atoms with Crippen LogP contribution in [0.3, 0.4) is 0 Å². The average Bonchev–Trinajstić information content (AvgIpc) is 3.41. The summed E-state index contributed by atoms with van der Waals surface area (Å²) in [4.78, 5) is 22.2. The van der Waals surface area contributed by atoms with Crippen LogP contribution in [0.25, 0.3) is 16.5 Å². The highest BCUT2D eigenvalue weighted by Gasteiger charge is 2.19. The molecular weight excluding hydrogens is 360 g/mol. The van der Waals surface area contributed by atoms with Crippen LogP contribution in [-0.4, -0.2) is 20.4 Å². The van der Waals surface area contributed by atoms with Crippen molar-refractivity contribution in [1.82, 2.24) is 19.9 Å². The van der Waals surface area contributed by atoms with Gasteiger partial charge in [-0.05, 0) is 36.9 Å². The van der Waals surface area contributed by atoms with Gasteiger partial charge in [0, 0.05) is 18.9 Å². The van der Waals surface area contributed by atoms with Gasteiger partial charge in [0.05, 0.1) is 10.6 Å². The zero-order chi connectivity index (χ0) is 18.8. The summed E-state index contributed by atoms with van der Waals surface area (Å²) in [6.07, 6.45) is 3.67. The fourth-order valence-electron chi connectivity index (χ4n) is 2.90. The van der Waals surface area contributed by atoms with Crippen molar-refractivity contribution < 1.29 is 9.21 Å². The molecule has 1 N–H and O–H groups in total. The molecule has 0 aliphatic carbocycles. The van der Waals surface area contributed by atoms with Crippen molar-refractivity contribution >= 4 is 17.2 Å². The van der Waals surface area contributed by atoms with Crippen molar-refractivity contribution in [2.75, 3.05) is 0 Å². The molecule has 0 spiro atoms. The standard InChI is InChI=1S/C20H18N4O2S/c1-13-18(23-20(26-13)17-8-5-11-27-17)19(25)22-12-15-6-3-4-7-16(15)24-10-9-21-14(24)2/h3-11H,12H2,1-2H3,(H,22,25). The maximum absolute atomic E-state index is 12.6. The van der Waals surface area contributed by atoms with Gasteiger partial charge >= 0.3 is 0 Å². The van der Waals surface area contributed by atoms with Gasteiger partial charge in [-0.15, -0.1) is 11.3 Å². The first-order valence-electron chi connectivity index (χ1n) is 8.51. The number of para-hydroxylation sites is 1. The Morgan fingerprint density at radius 3 is 2.81 bits per heavy atom. The van der Waals surface area contributed by atoms with Crippen LogP contribution >= 0.6 is 11.3 Å². The van der Waals surface area contributed by atoms with E-state index in [9.17, 15) is 4.79 Å². The van der Waals surface area contributed by atoms with E-state index in [1.807, 2.05) is 59.5 Å². The molecule has 27 heavy (non-hydrogen) atoms. The normalized spacial score (nSPS) is 10.9. The summed E-state index contributed by atoms with van der Waals surface area (Å²) in [7, 11) is 0. The van der Waals surface area contributed by atoms with E-state index in [0.717, 1.165) is 22.0 Å². The number of hydrogen-bond acceptors (Lipinski definition) is 5. The number of aromatic nitrogens is 3. The van der Waals surface area contributed by atoms with Crippen molar-refractivity contribution in [2.24, 2.45) is 0 Å². The van der Waals surface area contributed by atoms with Gasteiger partial charge in [-0.25, -0.2) is 9.97 Å². The topological polar surface area (TPSA) is 73.0 Å². The summed E-state index contributed by atoms with van der Waals surface area (Å²) >= 11 is 1.53. The Hall–Kier alpha value is -3.19. The molecule has 0 aliphatic rings. The number of hydrogen-bond donors (Lipinski definition) is 1. The molecule has 0 aliphatic heterocycles. The molecule has 7 heteroatoms. The van der Waals surface area contributed by atoms with Gasteiger partial charge in [0.2, 0.25) is 5.89 Å². The Labute approximate surface area is 160 Å². The molecule has 0 fully saturated rings. The zero-order valence-electron chi connectivity index (χ0n) is 15.0. The van der Waals surface area contributed by atoms with Crippen LogP contribution < -0.4 is 5.32 Å². The molecule has 0 saturated carbocycles. The molecule has 0 saturated heterocycles. The van der Waals surface area contributed by atoms with E-state index in [0.29, 0.717) is 23.9 Å². The van der Waals surface area contributed by atoms with Crippen LogP contribution in [0.15, 0.2) is 58.6 Å². The smallest absolute Gasteiger partial charge is 0.273 e. The van der Waals surface area contributed by atoms with Gasteiger partial charge in [0.1, 0.15) is 11.6 Å². The monoisotopic (exact) mass is 378 g/mol. The number of imidazole rings is 1. The van der Waals surface area contributed by atoms with Crippen LogP contribution in [0, 0.1) is 13.8 Å². The highest BCUT2D eigenvalue weighted by atomic mass is 32.1. The molecule has 0 bridgehead atoms. The number of thiophene rings is 1. The number of aryl methyl sites for hydroxylation is 2. The SMILES string of the molecule is Cc1oc(-c2cccs2)nc1C(=O)NCc1ccccc1-n1ccnc1C. The molecule has 0 radical (unpaired) electrons. The predicted octanol–water partition coefficient (Wildman–Crippen LogP) is 4.14. The lowest BCUT2D eigenvalue weighted by molar-refractivity contribution is 0.0945. The predicted molar refractivity (Wildman–Crippen MR) is 104 cm³/mol. The van der Waals surface area contributed by atoms with Crippen molar-refractivity contribution in [3.05, 3.63) is 77.0 Å². The van der Waals surface area contributed by atoms with E-state index in [1.165, 1.54) is 11.3 Å². The minimum Gasteiger partial charge on any atom is -0.440 e. The summed E-state index contributed by atoms with van der Waals surface area (Å²) < 4.78 is 7.65. The first kappa shape index (κ1) is 17.2. The lowest BCUT2D eigenvalue weighted by Crippen LogP contribution is -2.24. The minimum atomic E-state index is -0.254. The second kappa shape index (κ2) is 7.20. The van der Waals surface area contributed by atoms with Crippen LogP contribution in [0.5, 0.6) is 0 Å². The average molecular weight is 378 g/mol. The number of rotatable bonds is 5. The van der Waals surface area contributed by atoms with Gasteiger partial charge < -0.3 is 14.3 Å². The molecule has 136 valence electrons. The highest BCUT2D eigenvalue weighted by molar-refractivity contribution is 7.13. The quantitative estimate of drug-likeness (QED) is 0.567. The van der Waals surface area contributed by atoms with Gasteiger partial charge in [0.15, 0.2) is 5.69 Å². The number of oxazole rings is 1. The van der Waals surface area contributed by atoms with E-state index < -0.39 is 0 Å². The Balaban J connectivity index is 1.53. The molecule has 6 nitrogen and oxygen atoms in total. The fraction of sp³-hybridized carbons (Fsp3) is 0.150. The summed E-state index contributed by atoms with van der Waals surface area (Å²) in [6.45, 7) is 4.08. The van der Waals surface area contributed by atoms with E-state index in [-0.39, 0.29) is 5.91 Å². The first-order valence-corrected chi connectivity index (χ1v) is 9.39. The Morgan fingerprint density at radius 1 is 1.22 bits per heavy atom. The zero-order valence-corrected chi connectivity index (χ0v) is 15.8. The number of carbonyl (C=O) groups excluding carboxylic acids is 1. The number of carbonyl (C=O) groups is 1. The molecule has 1 amide bonds. The Bertz CT molecular complexity index is 1080. The molecule has 3 heterocycles. The van der Waals surface area contributed by atoms with Gasteiger partial charge in [-0.2, -0.15) is 0 Å². The maximum Gasteiger partial charge on any atom is 0.273 e. The molecule has 3 aromatic heterocycles. The van der Waals surface area contributed by atoms with Gasteiger partial charge in [0.25, 0.3) is 5.91 Å². The molecular formula is C20H18N4O2S. The lowest BCUT2D eigenvalue weighted by atomic mass is 10.1.